The van der Waals surface area contributed by atoms with Crippen LogP contribution in [0.2, 0.25) is 0 Å². The summed E-state index contributed by atoms with van der Waals surface area (Å²) in [5.41, 5.74) is 0.130. The van der Waals surface area contributed by atoms with Crippen molar-refractivity contribution in [2.24, 2.45) is 10.3 Å². The zero-order valence-electron chi connectivity index (χ0n) is 12.5. The van der Waals surface area contributed by atoms with Crippen molar-refractivity contribution >= 4 is 33.3 Å². The third-order valence-electron chi connectivity index (χ3n) is 3.38. The highest BCUT2D eigenvalue weighted by Crippen LogP contribution is 2.35. The molecule has 0 N–H and O–H groups in total. The maximum absolute atomic E-state index is 12.7. The van der Waals surface area contributed by atoms with E-state index in [1.807, 2.05) is 0 Å². The highest BCUT2D eigenvalue weighted by molar-refractivity contribution is 9.11. The largest absolute Gasteiger partial charge is 0.416 e. The minimum absolute atomic E-state index is 0.247. The Labute approximate surface area is 138 Å². The van der Waals surface area contributed by atoms with Gasteiger partial charge in [0.2, 0.25) is 0 Å². The van der Waals surface area contributed by atoms with Gasteiger partial charge in [-0.15, -0.1) is 0 Å². The van der Waals surface area contributed by atoms with Crippen LogP contribution in [0.4, 0.5) is 13.2 Å². The van der Waals surface area contributed by atoms with Crippen LogP contribution in [-0.2, 0) is 15.8 Å². The van der Waals surface area contributed by atoms with E-state index in [-0.39, 0.29) is 11.4 Å². The fraction of sp³-hybridized carbons (Fsp3) is 0.357. The molecule has 0 fully saturated rings. The van der Waals surface area contributed by atoms with E-state index in [4.69, 9.17) is 4.84 Å². The van der Waals surface area contributed by atoms with E-state index in [1.54, 1.807) is 6.92 Å². The number of hydrogen-bond acceptors (Lipinski definition) is 4. The van der Waals surface area contributed by atoms with Gasteiger partial charge in [-0.2, -0.15) is 18.3 Å². The molecule has 0 aromatic heterocycles. The van der Waals surface area contributed by atoms with Crippen LogP contribution in [0.5, 0.6) is 0 Å². The van der Waals surface area contributed by atoms with Gasteiger partial charge in [0.05, 0.1) is 11.3 Å². The Hall–Kier alpha value is -1.90. The lowest BCUT2D eigenvalue weighted by Crippen LogP contribution is -2.46. The van der Waals surface area contributed by atoms with Crippen molar-refractivity contribution in [2.75, 3.05) is 14.2 Å². The van der Waals surface area contributed by atoms with Crippen molar-refractivity contribution in [2.45, 2.75) is 17.4 Å². The molecule has 5 nitrogen and oxygen atoms in total. The number of hydrazone groups is 1. The summed E-state index contributed by atoms with van der Waals surface area (Å²) in [6, 6.07) is 4.42. The molecular weight excluding hydrogens is 379 g/mol. The summed E-state index contributed by atoms with van der Waals surface area (Å²) in [7, 11) is 2.79. The lowest BCUT2D eigenvalue weighted by atomic mass is 9.92. The number of halogens is 4. The molecule has 1 aromatic carbocycles. The van der Waals surface area contributed by atoms with E-state index >= 15 is 0 Å². The Kier molecular flexibility index (Phi) is 4.52. The number of amides is 1. The van der Waals surface area contributed by atoms with E-state index in [2.05, 4.69) is 26.2 Å². The van der Waals surface area contributed by atoms with Gasteiger partial charge < -0.3 is 4.84 Å². The smallest absolute Gasteiger partial charge is 0.399 e. The molecule has 1 unspecified atom stereocenters. The van der Waals surface area contributed by atoms with Crippen LogP contribution in [0.25, 0.3) is 0 Å². The predicted octanol–water partition coefficient (Wildman–Crippen LogP) is 3.04. The van der Waals surface area contributed by atoms with Crippen molar-refractivity contribution < 1.29 is 22.8 Å². The Morgan fingerprint density at radius 3 is 2.39 bits per heavy atom. The maximum Gasteiger partial charge on any atom is 0.416 e. The van der Waals surface area contributed by atoms with E-state index in [0.29, 0.717) is 5.56 Å². The van der Waals surface area contributed by atoms with E-state index < -0.39 is 22.0 Å². The van der Waals surface area contributed by atoms with Gasteiger partial charge in [-0.3, -0.25) is 4.79 Å². The molecule has 0 aliphatic carbocycles. The molecule has 124 valence electrons. The van der Waals surface area contributed by atoms with Crippen LogP contribution in [0.1, 0.15) is 18.1 Å². The minimum atomic E-state index is -4.43. The van der Waals surface area contributed by atoms with E-state index in [1.165, 1.54) is 26.3 Å². The van der Waals surface area contributed by atoms with Crippen LogP contribution >= 0.6 is 15.9 Å². The first-order valence-electron chi connectivity index (χ1n) is 6.44. The fourth-order valence-corrected chi connectivity index (χ4v) is 2.83. The molecule has 0 spiro atoms. The number of carbonyl (C=O) groups is 1. The Morgan fingerprint density at radius 2 is 1.91 bits per heavy atom. The average molecular weight is 392 g/mol. The van der Waals surface area contributed by atoms with Gasteiger partial charge in [-0.05, 0) is 19.1 Å². The number of carbonyl (C=O) groups excluding carboxylic acids is 1. The Bertz CT molecular complexity index is 686. The molecule has 0 saturated heterocycles. The molecule has 0 bridgehead atoms. The third-order valence-corrected chi connectivity index (χ3v) is 4.67. The van der Waals surface area contributed by atoms with Crippen molar-refractivity contribution in [1.82, 2.24) is 5.01 Å². The quantitative estimate of drug-likeness (QED) is 0.451. The van der Waals surface area contributed by atoms with Gasteiger partial charge in [0, 0.05) is 12.6 Å². The van der Waals surface area contributed by atoms with Gasteiger partial charge >= 0.3 is 6.18 Å². The predicted molar refractivity (Wildman–Crippen MR) is 82.5 cm³/mol. The van der Waals surface area contributed by atoms with Gasteiger partial charge in [0.15, 0.2) is 4.32 Å². The standard InChI is InChI=1S/C14H13BrF3N3O2/c1-8(20-23-3)13(15)11(19-21(2)12(13)22)9-4-6-10(7-5-9)14(16,17)18/h4-7H,1-3H3/b20-8+. The normalized spacial score (nSPS) is 22.4. The minimum Gasteiger partial charge on any atom is -0.399 e. The second kappa shape index (κ2) is 5.95. The summed E-state index contributed by atoms with van der Waals surface area (Å²) in [5, 5.41) is 8.99. The topological polar surface area (TPSA) is 54.3 Å². The second-order valence-corrected chi connectivity index (χ2v) is 6.06. The third kappa shape index (κ3) is 2.97. The molecule has 0 saturated carbocycles. The molecule has 1 aliphatic rings. The van der Waals surface area contributed by atoms with Gasteiger partial charge in [0.1, 0.15) is 12.8 Å². The Balaban J connectivity index is 2.50. The number of hydrogen-bond donors (Lipinski definition) is 0. The number of oxime groups is 1. The molecule has 1 aromatic rings. The lowest BCUT2D eigenvalue weighted by molar-refractivity contribution is -0.137. The summed E-state index contributed by atoms with van der Waals surface area (Å²) in [4.78, 5) is 17.1. The number of nitrogens with zero attached hydrogens (tertiary/aromatic N) is 3. The Morgan fingerprint density at radius 1 is 1.35 bits per heavy atom. The van der Waals surface area contributed by atoms with Crippen molar-refractivity contribution in [3.63, 3.8) is 0 Å². The van der Waals surface area contributed by atoms with Crippen LogP contribution in [0.15, 0.2) is 34.5 Å². The number of benzene rings is 1. The lowest BCUT2D eigenvalue weighted by Gasteiger charge is -2.21. The van der Waals surface area contributed by atoms with Crippen LogP contribution < -0.4 is 0 Å². The van der Waals surface area contributed by atoms with Gasteiger partial charge in [0.25, 0.3) is 5.91 Å². The maximum atomic E-state index is 12.7. The molecule has 23 heavy (non-hydrogen) atoms. The van der Waals surface area contributed by atoms with Crippen LogP contribution in [0, 0.1) is 0 Å². The van der Waals surface area contributed by atoms with E-state index in [0.717, 1.165) is 17.1 Å². The van der Waals surface area contributed by atoms with Gasteiger partial charge in [-0.25, -0.2) is 5.01 Å². The molecule has 9 heteroatoms. The molecule has 0 radical (unpaired) electrons. The number of alkyl halides is 4. The zero-order chi connectivity index (χ0) is 17.4. The molecule has 1 atom stereocenters. The molecule has 1 aliphatic heterocycles. The van der Waals surface area contributed by atoms with Crippen molar-refractivity contribution in [3.8, 4) is 0 Å². The van der Waals surface area contributed by atoms with E-state index in [9.17, 15) is 18.0 Å². The first-order chi connectivity index (χ1) is 10.6. The first-order valence-corrected chi connectivity index (χ1v) is 7.23. The number of rotatable bonds is 3. The summed E-state index contributed by atoms with van der Waals surface area (Å²) in [6.07, 6.45) is -4.43. The molecule has 1 amide bonds. The average Bonchev–Trinajstić information content (AvgIpc) is 2.72. The van der Waals surface area contributed by atoms with Crippen LogP contribution in [-0.4, -0.2) is 40.8 Å². The van der Waals surface area contributed by atoms with Crippen molar-refractivity contribution in [3.05, 3.63) is 35.4 Å². The molecular formula is C14H13BrF3N3O2. The summed E-state index contributed by atoms with van der Waals surface area (Å²) < 4.78 is 36.6. The van der Waals surface area contributed by atoms with Crippen LogP contribution in [0.3, 0.4) is 0 Å². The van der Waals surface area contributed by atoms with Crippen molar-refractivity contribution in [1.29, 1.82) is 0 Å². The molecule has 1 heterocycles. The summed E-state index contributed by atoms with van der Waals surface area (Å²) in [5.74, 6) is -0.411. The highest BCUT2D eigenvalue weighted by Gasteiger charge is 2.51. The molecule has 2 rings (SSSR count). The zero-order valence-corrected chi connectivity index (χ0v) is 14.1. The summed E-state index contributed by atoms with van der Waals surface area (Å²) >= 11 is 3.32. The fourth-order valence-electron chi connectivity index (χ4n) is 2.19. The highest BCUT2D eigenvalue weighted by atomic mass is 79.9. The first kappa shape index (κ1) is 17.5. The van der Waals surface area contributed by atoms with Gasteiger partial charge in [-0.1, -0.05) is 33.2 Å². The summed E-state index contributed by atoms with van der Waals surface area (Å²) in [6.45, 7) is 1.56. The second-order valence-electron chi connectivity index (χ2n) is 4.87. The SMILES string of the molecule is CO/N=C(\C)C1(Br)C(=O)N(C)N=C1c1ccc(C(F)(F)F)cc1. The monoisotopic (exact) mass is 391 g/mol.